The highest BCUT2D eigenvalue weighted by molar-refractivity contribution is 7.80. The van der Waals surface area contributed by atoms with Crippen molar-refractivity contribution in [3.05, 3.63) is 63.9 Å². The van der Waals surface area contributed by atoms with E-state index in [1.807, 2.05) is 5.38 Å². The van der Waals surface area contributed by atoms with Crippen molar-refractivity contribution in [2.75, 3.05) is 5.32 Å². The zero-order chi connectivity index (χ0) is 18.8. The third-order valence-corrected chi connectivity index (χ3v) is 4.99. The van der Waals surface area contributed by atoms with Crippen molar-refractivity contribution in [3.63, 3.8) is 0 Å². The molecule has 0 fully saturated rings. The fourth-order valence-corrected chi connectivity index (χ4v) is 3.41. The minimum atomic E-state index is -0.262. The summed E-state index contributed by atoms with van der Waals surface area (Å²) in [5.41, 5.74) is 2.30. The van der Waals surface area contributed by atoms with Gasteiger partial charge in [0.1, 0.15) is 0 Å². The van der Waals surface area contributed by atoms with Crippen molar-refractivity contribution < 1.29 is 9.21 Å². The van der Waals surface area contributed by atoms with Crippen LogP contribution in [0.1, 0.15) is 9.67 Å². The maximum atomic E-state index is 12.1. The molecule has 1 aromatic carbocycles. The Kier molecular flexibility index (Phi) is 4.85. The SMILES string of the molecule is O=C(NC(=S)Nc1ccc(Cl)c(-c2nc3ncccc3o2)c1)c1cccs1. The van der Waals surface area contributed by atoms with E-state index < -0.39 is 0 Å². The number of carbonyl (C=O) groups is 1. The molecule has 0 bridgehead atoms. The lowest BCUT2D eigenvalue weighted by molar-refractivity contribution is 0.0981. The smallest absolute Gasteiger partial charge is 0.267 e. The average molecular weight is 415 g/mol. The number of carbonyl (C=O) groups excluding carboxylic acids is 1. The number of halogens is 1. The molecule has 0 atom stereocenters. The standard InChI is InChI=1S/C18H11ClN4O2S2/c19-12-6-5-10(21-18(26)23-16(24)14-4-2-8-27-14)9-11(12)17-22-15-13(25-17)3-1-7-20-15/h1-9H,(H2,21,23,24,26). The quantitative estimate of drug-likeness (QED) is 0.472. The van der Waals surface area contributed by atoms with Crippen molar-refractivity contribution in [1.82, 2.24) is 15.3 Å². The Labute approximate surface area is 168 Å². The highest BCUT2D eigenvalue weighted by Crippen LogP contribution is 2.31. The first kappa shape index (κ1) is 17.6. The molecule has 6 nitrogen and oxygen atoms in total. The Morgan fingerprint density at radius 3 is 2.89 bits per heavy atom. The summed E-state index contributed by atoms with van der Waals surface area (Å²) < 4.78 is 5.72. The molecule has 0 saturated carbocycles. The first-order chi connectivity index (χ1) is 13.1. The summed E-state index contributed by atoms with van der Waals surface area (Å²) in [6.07, 6.45) is 1.64. The summed E-state index contributed by atoms with van der Waals surface area (Å²) in [5.74, 6) is 0.0904. The van der Waals surface area contributed by atoms with Crippen LogP contribution in [-0.4, -0.2) is 21.0 Å². The highest BCUT2D eigenvalue weighted by atomic mass is 35.5. The number of rotatable bonds is 3. The lowest BCUT2D eigenvalue weighted by atomic mass is 10.2. The summed E-state index contributed by atoms with van der Waals surface area (Å²) in [5, 5.41) is 8.08. The van der Waals surface area contributed by atoms with Gasteiger partial charge in [-0.2, -0.15) is 4.98 Å². The minimum absolute atomic E-state index is 0.181. The molecule has 3 aromatic heterocycles. The number of amides is 1. The largest absolute Gasteiger partial charge is 0.434 e. The van der Waals surface area contributed by atoms with Gasteiger partial charge in [-0.3, -0.25) is 10.1 Å². The van der Waals surface area contributed by atoms with E-state index in [-0.39, 0.29) is 11.0 Å². The van der Waals surface area contributed by atoms with Crippen LogP contribution in [0.2, 0.25) is 5.02 Å². The Hall–Kier alpha value is -2.81. The van der Waals surface area contributed by atoms with Crippen LogP contribution < -0.4 is 10.6 Å². The lowest BCUT2D eigenvalue weighted by Crippen LogP contribution is -2.33. The molecule has 0 aliphatic rings. The van der Waals surface area contributed by atoms with Crippen LogP contribution in [0.5, 0.6) is 0 Å². The third kappa shape index (κ3) is 3.82. The molecule has 0 aliphatic heterocycles. The first-order valence-electron chi connectivity index (χ1n) is 7.77. The molecule has 2 N–H and O–H groups in total. The van der Waals surface area contributed by atoms with Crippen LogP contribution in [0.15, 0.2) is 58.5 Å². The zero-order valence-corrected chi connectivity index (χ0v) is 16.0. The predicted molar refractivity (Wildman–Crippen MR) is 110 cm³/mol. The molecule has 0 unspecified atom stereocenters. The molecule has 0 spiro atoms. The molecule has 0 radical (unpaired) electrons. The molecular weight excluding hydrogens is 404 g/mol. The Morgan fingerprint density at radius 1 is 1.22 bits per heavy atom. The Balaban J connectivity index is 1.55. The monoisotopic (exact) mass is 414 g/mol. The minimum Gasteiger partial charge on any atom is -0.434 e. The Bertz CT molecular complexity index is 1110. The van der Waals surface area contributed by atoms with Gasteiger partial charge in [0.05, 0.1) is 15.5 Å². The predicted octanol–water partition coefficient (Wildman–Crippen LogP) is 4.73. The lowest BCUT2D eigenvalue weighted by Gasteiger charge is -2.10. The number of aromatic nitrogens is 2. The number of anilines is 1. The molecule has 0 aliphatic carbocycles. The van der Waals surface area contributed by atoms with Gasteiger partial charge in [-0.1, -0.05) is 17.7 Å². The van der Waals surface area contributed by atoms with E-state index in [0.717, 1.165) is 0 Å². The maximum Gasteiger partial charge on any atom is 0.267 e. The van der Waals surface area contributed by atoms with Crippen molar-refractivity contribution in [1.29, 1.82) is 0 Å². The number of thiophene rings is 1. The second kappa shape index (κ2) is 7.43. The van der Waals surface area contributed by atoms with E-state index in [0.29, 0.717) is 38.3 Å². The zero-order valence-electron chi connectivity index (χ0n) is 13.6. The maximum absolute atomic E-state index is 12.1. The summed E-state index contributed by atoms with van der Waals surface area (Å²) in [6, 6.07) is 12.3. The summed E-state index contributed by atoms with van der Waals surface area (Å²) in [4.78, 5) is 21.2. The van der Waals surface area contributed by atoms with Crippen molar-refractivity contribution in [2.45, 2.75) is 0 Å². The van der Waals surface area contributed by atoms with Crippen LogP contribution in [-0.2, 0) is 0 Å². The second-order valence-electron chi connectivity index (χ2n) is 5.42. The van der Waals surface area contributed by atoms with E-state index in [9.17, 15) is 4.79 Å². The van der Waals surface area contributed by atoms with Gasteiger partial charge in [0.2, 0.25) is 5.89 Å². The molecule has 9 heteroatoms. The van der Waals surface area contributed by atoms with Crippen molar-refractivity contribution >= 4 is 63.1 Å². The van der Waals surface area contributed by atoms with Crippen LogP contribution in [0.3, 0.4) is 0 Å². The number of benzene rings is 1. The molecule has 27 heavy (non-hydrogen) atoms. The fourth-order valence-electron chi connectivity index (χ4n) is 2.39. The number of hydrogen-bond donors (Lipinski definition) is 2. The third-order valence-electron chi connectivity index (χ3n) is 3.59. The molecule has 4 aromatic rings. The summed E-state index contributed by atoms with van der Waals surface area (Å²) in [7, 11) is 0. The normalized spacial score (nSPS) is 10.7. The highest BCUT2D eigenvalue weighted by Gasteiger charge is 2.14. The number of nitrogens with zero attached hydrogens (tertiary/aromatic N) is 2. The van der Waals surface area contributed by atoms with E-state index >= 15 is 0 Å². The number of oxazole rings is 1. The van der Waals surface area contributed by atoms with E-state index in [1.165, 1.54) is 11.3 Å². The number of pyridine rings is 1. The van der Waals surface area contributed by atoms with Gasteiger partial charge in [0.25, 0.3) is 5.91 Å². The Morgan fingerprint density at radius 2 is 2.11 bits per heavy atom. The van der Waals surface area contributed by atoms with Gasteiger partial charge in [0.15, 0.2) is 16.3 Å². The van der Waals surface area contributed by atoms with Gasteiger partial charge in [-0.15, -0.1) is 11.3 Å². The molecule has 4 rings (SSSR count). The summed E-state index contributed by atoms with van der Waals surface area (Å²) >= 11 is 12.8. The molecule has 134 valence electrons. The first-order valence-corrected chi connectivity index (χ1v) is 9.44. The van der Waals surface area contributed by atoms with Crippen LogP contribution in [0.4, 0.5) is 5.69 Å². The average Bonchev–Trinajstić information content (AvgIpc) is 3.32. The van der Waals surface area contributed by atoms with Gasteiger partial charge in [0, 0.05) is 11.9 Å². The van der Waals surface area contributed by atoms with E-state index in [4.69, 9.17) is 28.2 Å². The van der Waals surface area contributed by atoms with Gasteiger partial charge in [-0.25, -0.2) is 4.98 Å². The molecule has 3 heterocycles. The van der Waals surface area contributed by atoms with Crippen LogP contribution in [0.25, 0.3) is 22.7 Å². The topological polar surface area (TPSA) is 80.0 Å². The number of thiocarbonyl (C=S) groups is 1. The van der Waals surface area contributed by atoms with Gasteiger partial charge < -0.3 is 9.73 Å². The molecule has 1 amide bonds. The van der Waals surface area contributed by atoms with Crippen LogP contribution >= 0.6 is 35.2 Å². The fraction of sp³-hybridized carbons (Fsp3) is 0. The van der Waals surface area contributed by atoms with Gasteiger partial charge >= 0.3 is 0 Å². The number of hydrogen-bond acceptors (Lipinski definition) is 6. The van der Waals surface area contributed by atoms with Crippen LogP contribution in [0, 0.1) is 0 Å². The van der Waals surface area contributed by atoms with E-state index in [1.54, 1.807) is 48.7 Å². The van der Waals surface area contributed by atoms with Crippen molar-refractivity contribution in [3.8, 4) is 11.5 Å². The van der Waals surface area contributed by atoms with Gasteiger partial charge in [-0.05, 0) is 54.0 Å². The number of nitrogens with one attached hydrogen (secondary N) is 2. The number of fused-ring (bicyclic) bond motifs is 1. The second-order valence-corrected chi connectivity index (χ2v) is 7.19. The van der Waals surface area contributed by atoms with Crippen molar-refractivity contribution in [2.24, 2.45) is 0 Å². The molecular formula is C18H11ClN4O2S2. The van der Waals surface area contributed by atoms with E-state index in [2.05, 4.69) is 20.6 Å². The molecule has 0 saturated heterocycles. The summed E-state index contributed by atoms with van der Waals surface area (Å²) in [6.45, 7) is 0.